The average molecular weight is 302 g/mol. The Bertz CT molecular complexity index is 611. The second-order valence-electron chi connectivity index (χ2n) is 5.70. The highest BCUT2D eigenvalue weighted by Crippen LogP contribution is 2.38. The van der Waals surface area contributed by atoms with E-state index in [9.17, 15) is 4.39 Å². The first-order chi connectivity index (χ1) is 10.5. The summed E-state index contributed by atoms with van der Waals surface area (Å²) >= 11 is 0. The van der Waals surface area contributed by atoms with Crippen LogP contribution in [0.25, 0.3) is 0 Å². The molecule has 0 aromatic heterocycles. The number of methoxy groups -OCH3 is 1. The average Bonchev–Trinajstić information content (AvgIpc) is 2.53. The van der Waals surface area contributed by atoms with Crippen molar-refractivity contribution in [3.05, 3.63) is 65.5 Å². The number of rotatable bonds is 6. The van der Waals surface area contributed by atoms with Crippen molar-refractivity contribution in [1.82, 2.24) is 0 Å². The van der Waals surface area contributed by atoms with Gasteiger partial charge in [-0.3, -0.25) is 0 Å². The van der Waals surface area contributed by atoms with Crippen molar-refractivity contribution in [2.24, 2.45) is 11.5 Å². The number of hydrogen-bond donors (Lipinski definition) is 2. The predicted octanol–water partition coefficient (Wildman–Crippen LogP) is 3.14. The zero-order chi connectivity index (χ0) is 16.2. The monoisotopic (exact) mass is 302 g/mol. The molecule has 2 rings (SSSR count). The third-order valence-electron chi connectivity index (χ3n) is 4.14. The van der Waals surface area contributed by atoms with Crippen molar-refractivity contribution in [2.75, 3.05) is 13.7 Å². The summed E-state index contributed by atoms with van der Waals surface area (Å²) in [5, 5.41) is 0. The smallest absolute Gasteiger partial charge is 0.123 e. The third-order valence-corrected chi connectivity index (χ3v) is 4.14. The van der Waals surface area contributed by atoms with Crippen LogP contribution in [-0.4, -0.2) is 13.7 Å². The molecule has 0 radical (unpaired) electrons. The number of ether oxygens (including phenoxy) is 1. The van der Waals surface area contributed by atoms with Gasteiger partial charge in [-0.1, -0.05) is 24.3 Å². The summed E-state index contributed by atoms with van der Waals surface area (Å²) in [4.78, 5) is 0. The van der Waals surface area contributed by atoms with Crippen LogP contribution in [0.1, 0.15) is 30.4 Å². The van der Waals surface area contributed by atoms with Crippen molar-refractivity contribution < 1.29 is 9.13 Å². The van der Waals surface area contributed by atoms with Gasteiger partial charge in [0.1, 0.15) is 11.6 Å². The van der Waals surface area contributed by atoms with E-state index in [-0.39, 0.29) is 11.7 Å². The summed E-state index contributed by atoms with van der Waals surface area (Å²) in [6.45, 7) is 2.49. The Morgan fingerprint density at radius 1 is 1.18 bits per heavy atom. The molecule has 118 valence electrons. The molecule has 22 heavy (non-hydrogen) atoms. The fraction of sp³-hybridized carbons (Fsp3) is 0.333. The van der Waals surface area contributed by atoms with Crippen molar-refractivity contribution in [3.63, 3.8) is 0 Å². The number of hydrogen-bond acceptors (Lipinski definition) is 3. The molecule has 2 aromatic rings. The van der Waals surface area contributed by atoms with Crippen molar-refractivity contribution >= 4 is 0 Å². The Labute approximate surface area is 131 Å². The summed E-state index contributed by atoms with van der Waals surface area (Å²) in [5.74, 6) is 0.500. The molecule has 0 aliphatic heterocycles. The molecule has 2 unspecified atom stereocenters. The number of benzene rings is 2. The quantitative estimate of drug-likeness (QED) is 0.861. The summed E-state index contributed by atoms with van der Waals surface area (Å²) in [6, 6.07) is 14.2. The molecular weight excluding hydrogens is 279 g/mol. The van der Waals surface area contributed by atoms with Gasteiger partial charge in [0, 0.05) is 11.5 Å². The van der Waals surface area contributed by atoms with Gasteiger partial charge in [0.15, 0.2) is 0 Å². The lowest BCUT2D eigenvalue weighted by atomic mass is 9.75. The van der Waals surface area contributed by atoms with Crippen LogP contribution in [0.3, 0.4) is 0 Å². The van der Waals surface area contributed by atoms with Crippen LogP contribution in [-0.2, 0) is 5.54 Å². The fourth-order valence-corrected chi connectivity index (χ4v) is 2.83. The molecule has 0 saturated heterocycles. The summed E-state index contributed by atoms with van der Waals surface area (Å²) < 4.78 is 18.5. The van der Waals surface area contributed by atoms with E-state index in [2.05, 4.69) is 0 Å². The van der Waals surface area contributed by atoms with Gasteiger partial charge in [0.05, 0.1) is 7.11 Å². The second kappa shape index (κ2) is 6.90. The van der Waals surface area contributed by atoms with Gasteiger partial charge >= 0.3 is 0 Å². The molecule has 0 aliphatic carbocycles. The van der Waals surface area contributed by atoms with Gasteiger partial charge < -0.3 is 16.2 Å². The summed E-state index contributed by atoms with van der Waals surface area (Å²) in [6.07, 6.45) is 0.718. The van der Waals surface area contributed by atoms with Gasteiger partial charge in [0.25, 0.3) is 0 Å². The maximum Gasteiger partial charge on any atom is 0.123 e. The van der Waals surface area contributed by atoms with Crippen LogP contribution in [0.4, 0.5) is 4.39 Å². The Balaban J connectivity index is 2.42. The van der Waals surface area contributed by atoms with E-state index in [4.69, 9.17) is 16.2 Å². The van der Waals surface area contributed by atoms with Crippen LogP contribution < -0.4 is 16.2 Å². The standard InChI is InChI=1S/C18H23FN2O/c1-18(21,14-4-3-5-16(12-14)22-2)17(10-11-20)13-6-8-15(19)9-7-13/h3-9,12,17H,10-11,20-21H2,1-2H3. The maximum atomic E-state index is 13.2. The van der Waals surface area contributed by atoms with E-state index in [1.54, 1.807) is 19.2 Å². The van der Waals surface area contributed by atoms with E-state index in [1.807, 2.05) is 31.2 Å². The van der Waals surface area contributed by atoms with Crippen molar-refractivity contribution in [1.29, 1.82) is 0 Å². The molecular formula is C18H23FN2O. The number of nitrogens with two attached hydrogens (primary N) is 2. The Morgan fingerprint density at radius 2 is 1.86 bits per heavy atom. The SMILES string of the molecule is COc1cccc(C(C)(N)C(CCN)c2ccc(F)cc2)c1. The molecule has 0 bridgehead atoms. The molecule has 4 heteroatoms. The predicted molar refractivity (Wildman–Crippen MR) is 87.3 cm³/mol. The lowest BCUT2D eigenvalue weighted by molar-refractivity contribution is 0.367. The molecule has 0 heterocycles. The Kier molecular flexibility index (Phi) is 5.16. The fourth-order valence-electron chi connectivity index (χ4n) is 2.83. The minimum atomic E-state index is -0.633. The highest BCUT2D eigenvalue weighted by Gasteiger charge is 2.33. The van der Waals surface area contributed by atoms with Crippen LogP contribution in [0.15, 0.2) is 48.5 Å². The van der Waals surface area contributed by atoms with Gasteiger partial charge in [-0.05, 0) is 55.3 Å². The molecule has 2 atom stereocenters. The van der Waals surface area contributed by atoms with Crippen LogP contribution in [0, 0.1) is 5.82 Å². The normalized spacial score (nSPS) is 15.1. The lowest BCUT2D eigenvalue weighted by Gasteiger charge is -2.35. The summed E-state index contributed by atoms with van der Waals surface area (Å²) in [5.41, 5.74) is 13.8. The maximum absolute atomic E-state index is 13.2. The summed E-state index contributed by atoms with van der Waals surface area (Å²) in [7, 11) is 1.63. The van der Waals surface area contributed by atoms with Gasteiger partial charge in [0.2, 0.25) is 0 Å². The highest BCUT2D eigenvalue weighted by atomic mass is 19.1. The molecule has 0 spiro atoms. The van der Waals surface area contributed by atoms with E-state index in [1.165, 1.54) is 12.1 Å². The van der Waals surface area contributed by atoms with Gasteiger partial charge in [-0.15, -0.1) is 0 Å². The molecule has 0 aliphatic rings. The largest absolute Gasteiger partial charge is 0.497 e. The van der Waals surface area contributed by atoms with Crippen molar-refractivity contribution in [3.8, 4) is 5.75 Å². The lowest BCUT2D eigenvalue weighted by Crippen LogP contribution is -2.40. The molecule has 0 saturated carbocycles. The molecule has 3 nitrogen and oxygen atoms in total. The Hall–Kier alpha value is -1.91. The van der Waals surface area contributed by atoms with Crippen LogP contribution >= 0.6 is 0 Å². The van der Waals surface area contributed by atoms with Crippen LogP contribution in [0.2, 0.25) is 0 Å². The van der Waals surface area contributed by atoms with Crippen molar-refractivity contribution in [2.45, 2.75) is 24.8 Å². The van der Waals surface area contributed by atoms with E-state index in [0.717, 1.165) is 23.3 Å². The zero-order valence-corrected chi connectivity index (χ0v) is 13.1. The van der Waals surface area contributed by atoms with Gasteiger partial charge in [-0.2, -0.15) is 0 Å². The Morgan fingerprint density at radius 3 is 2.45 bits per heavy atom. The minimum Gasteiger partial charge on any atom is -0.497 e. The van der Waals surface area contributed by atoms with E-state index < -0.39 is 5.54 Å². The molecule has 2 aromatic carbocycles. The molecule has 0 fully saturated rings. The second-order valence-corrected chi connectivity index (χ2v) is 5.70. The topological polar surface area (TPSA) is 61.3 Å². The minimum absolute atomic E-state index is 0.00907. The molecule has 0 amide bonds. The van der Waals surface area contributed by atoms with Crippen LogP contribution in [0.5, 0.6) is 5.75 Å². The first kappa shape index (κ1) is 16.5. The zero-order valence-electron chi connectivity index (χ0n) is 13.1. The van der Waals surface area contributed by atoms with E-state index >= 15 is 0 Å². The van der Waals surface area contributed by atoms with E-state index in [0.29, 0.717) is 6.54 Å². The third kappa shape index (κ3) is 3.46. The molecule has 4 N–H and O–H groups in total. The first-order valence-corrected chi connectivity index (χ1v) is 7.38. The number of halogens is 1. The highest BCUT2D eigenvalue weighted by molar-refractivity contribution is 5.37. The first-order valence-electron chi connectivity index (χ1n) is 7.38. The van der Waals surface area contributed by atoms with Gasteiger partial charge in [-0.25, -0.2) is 4.39 Å².